The van der Waals surface area contributed by atoms with Crippen molar-refractivity contribution in [2.75, 3.05) is 14.2 Å². The Hall–Kier alpha value is -2.37. The molecule has 0 unspecified atom stereocenters. The van der Waals surface area contributed by atoms with Gasteiger partial charge in [0.2, 0.25) is 5.78 Å². The fourth-order valence-corrected chi connectivity index (χ4v) is 1.62. The second-order valence-electron chi connectivity index (χ2n) is 3.64. The van der Waals surface area contributed by atoms with Gasteiger partial charge in [0.1, 0.15) is 5.69 Å². The molecule has 1 heterocycles. The summed E-state index contributed by atoms with van der Waals surface area (Å²) in [6.07, 6.45) is 1.43. The molecule has 0 saturated heterocycles. The van der Waals surface area contributed by atoms with Gasteiger partial charge in [0.05, 0.1) is 20.4 Å². The van der Waals surface area contributed by atoms with Gasteiger partial charge in [-0.3, -0.25) is 4.79 Å². The molecular formula is C12H13N3O3. The molecule has 0 amide bonds. The van der Waals surface area contributed by atoms with Crippen molar-refractivity contribution in [3.63, 3.8) is 0 Å². The number of aromatic nitrogens is 3. The number of nitrogens with zero attached hydrogens (tertiary/aromatic N) is 3. The van der Waals surface area contributed by atoms with Gasteiger partial charge in [-0.2, -0.15) is 0 Å². The van der Waals surface area contributed by atoms with Gasteiger partial charge in [-0.15, -0.1) is 5.10 Å². The minimum Gasteiger partial charge on any atom is -0.493 e. The third-order valence-electron chi connectivity index (χ3n) is 2.59. The molecule has 0 bridgehead atoms. The summed E-state index contributed by atoms with van der Waals surface area (Å²) in [6.45, 7) is 0. The molecule has 2 aromatic rings. The maximum absolute atomic E-state index is 12.2. The zero-order valence-corrected chi connectivity index (χ0v) is 10.4. The quantitative estimate of drug-likeness (QED) is 0.756. The van der Waals surface area contributed by atoms with E-state index in [-0.39, 0.29) is 5.78 Å². The lowest BCUT2D eigenvalue weighted by molar-refractivity contribution is 0.103. The SMILES string of the molecule is COc1ccc(C(=O)c2cnnn2C)cc1OC. The van der Waals surface area contributed by atoms with Gasteiger partial charge in [0, 0.05) is 12.6 Å². The van der Waals surface area contributed by atoms with Crippen LogP contribution in [0.3, 0.4) is 0 Å². The Balaban J connectivity index is 2.40. The van der Waals surface area contributed by atoms with Crippen molar-refractivity contribution in [2.45, 2.75) is 0 Å². The highest BCUT2D eigenvalue weighted by molar-refractivity contribution is 6.08. The molecule has 6 nitrogen and oxygen atoms in total. The van der Waals surface area contributed by atoms with E-state index < -0.39 is 0 Å². The Kier molecular flexibility index (Phi) is 3.27. The molecule has 0 fully saturated rings. The summed E-state index contributed by atoms with van der Waals surface area (Å²) in [4.78, 5) is 12.2. The summed E-state index contributed by atoms with van der Waals surface area (Å²) < 4.78 is 11.7. The van der Waals surface area contributed by atoms with Gasteiger partial charge in [0.15, 0.2) is 11.5 Å². The van der Waals surface area contributed by atoms with Crippen LogP contribution in [0.1, 0.15) is 16.1 Å². The van der Waals surface area contributed by atoms with Crippen LogP contribution in [0.25, 0.3) is 0 Å². The predicted octanol–water partition coefficient (Wildman–Crippen LogP) is 1.06. The third-order valence-corrected chi connectivity index (χ3v) is 2.59. The van der Waals surface area contributed by atoms with Crippen molar-refractivity contribution in [3.05, 3.63) is 35.7 Å². The molecule has 18 heavy (non-hydrogen) atoms. The van der Waals surface area contributed by atoms with Crippen LogP contribution in [-0.2, 0) is 7.05 Å². The number of ketones is 1. The molecule has 2 rings (SSSR count). The topological polar surface area (TPSA) is 66.2 Å². The number of benzene rings is 1. The Labute approximate surface area is 104 Å². The van der Waals surface area contributed by atoms with E-state index in [9.17, 15) is 4.79 Å². The second kappa shape index (κ2) is 4.87. The van der Waals surface area contributed by atoms with E-state index in [0.29, 0.717) is 22.8 Å². The van der Waals surface area contributed by atoms with Crippen LogP contribution in [0.4, 0.5) is 0 Å². The summed E-state index contributed by atoms with van der Waals surface area (Å²) in [5.41, 5.74) is 0.917. The zero-order valence-electron chi connectivity index (χ0n) is 10.4. The largest absolute Gasteiger partial charge is 0.493 e. The molecule has 0 spiro atoms. The number of hydrogen-bond donors (Lipinski definition) is 0. The van der Waals surface area contributed by atoms with Crippen molar-refractivity contribution >= 4 is 5.78 Å². The first-order valence-electron chi connectivity index (χ1n) is 5.28. The molecule has 0 saturated carbocycles. The molecule has 0 N–H and O–H groups in total. The highest BCUT2D eigenvalue weighted by Gasteiger charge is 2.15. The van der Waals surface area contributed by atoms with E-state index in [1.54, 1.807) is 32.4 Å². The smallest absolute Gasteiger partial charge is 0.212 e. The van der Waals surface area contributed by atoms with Gasteiger partial charge in [0.25, 0.3) is 0 Å². The number of carbonyl (C=O) groups excluding carboxylic acids is 1. The summed E-state index contributed by atoms with van der Waals surface area (Å²) in [5.74, 6) is 0.930. The predicted molar refractivity (Wildman–Crippen MR) is 64.0 cm³/mol. The Morgan fingerprint density at radius 3 is 2.50 bits per heavy atom. The zero-order chi connectivity index (χ0) is 13.1. The first kappa shape index (κ1) is 12.1. The van der Waals surface area contributed by atoms with Gasteiger partial charge in [-0.1, -0.05) is 5.21 Å². The fraction of sp³-hybridized carbons (Fsp3) is 0.250. The lowest BCUT2D eigenvalue weighted by atomic mass is 10.1. The first-order chi connectivity index (χ1) is 8.67. The normalized spacial score (nSPS) is 10.2. The molecule has 1 aromatic carbocycles. The highest BCUT2D eigenvalue weighted by atomic mass is 16.5. The van der Waals surface area contributed by atoms with Crippen molar-refractivity contribution in [1.82, 2.24) is 15.0 Å². The number of rotatable bonds is 4. The lowest BCUT2D eigenvalue weighted by Crippen LogP contribution is -2.08. The minimum absolute atomic E-state index is 0.163. The van der Waals surface area contributed by atoms with Crippen LogP contribution in [0, 0.1) is 0 Å². The molecule has 0 aliphatic heterocycles. The van der Waals surface area contributed by atoms with E-state index in [1.165, 1.54) is 18.0 Å². The van der Waals surface area contributed by atoms with Crippen LogP contribution in [0.15, 0.2) is 24.4 Å². The van der Waals surface area contributed by atoms with Crippen LogP contribution >= 0.6 is 0 Å². The van der Waals surface area contributed by atoms with Gasteiger partial charge in [-0.25, -0.2) is 4.68 Å². The van der Waals surface area contributed by atoms with Crippen molar-refractivity contribution < 1.29 is 14.3 Å². The van der Waals surface area contributed by atoms with Crippen LogP contribution in [0.5, 0.6) is 11.5 Å². The van der Waals surface area contributed by atoms with Gasteiger partial charge in [-0.05, 0) is 18.2 Å². The number of methoxy groups -OCH3 is 2. The van der Waals surface area contributed by atoms with Gasteiger partial charge >= 0.3 is 0 Å². The van der Waals surface area contributed by atoms with E-state index in [1.807, 2.05) is 0 Å². The summed E-state index contributed by atoms with van der Waals surface area (Å²) in [6, 6.07) is 5.00. The molecule has 1 aromatic heterocycles. The molecule has 94 valence electrons. The lowest BCUT2D eigenvalue weighted by Gasteiger charge is -2.08. The molecule has 0 aliphatic rings. The number of ether oxygens (including phenoxy) is 2. The fourth-order valence-electron chi connectivity index (χ4n) is 1.62. The standard InChI is InChI=1S/C12H13N3O3/c1-15-9(7-13-14-15)12(16)8-4-5-10(17-2)11(6-8)18-3/h4-7H,1-3H3. The molecule has 6 heteroatoms. The summed E-state index contributed by atoms with van der Waals surface area (Å²) >= 11 is 0. The van der Waals surface area contributed by atoms with Crippen molar-refractivity contribution in [2.24, 2.45) is 7.05 Å². The molecular weight excluding hydrogens is 234 g/mol. The third kappa shape index (κ3) is 2.04. The van der Waals surface area contributed by atoms with Crippen LogP contribution in [0.2, 0.25) is 0 Å². The van der Waals surface area contributed by atoms with Crippen molar-refractivity contribution in [1.29, 1.82) is 0 Å². The molecule has 0 aliphatic carbocycles. The maximum Gasteiger partial charge on any atom is 0.212 e. The molecule has 0 atom stereocenters. The van der Waals surface area contributed by atoms with Crippen LogP contribution in [-0.4, -0.2) is 35.0 Å². The van der Waals surface area contributed by atoms with E-state index in [4.69, 9.17) is 9.47 Å². The number of hydrogen-bond acceptors (Lipinski definition) is 5. The average molecular weight is 247 g/mol. The minimum atomic E-state index is -0.163. The maximum atomic E-state index is 12.2. The van der Waals surface area contributed by atoms with Crippen molar-refractivity contribution in [3.8, 4) is 11.5 Å². The monoisotopic (exact) mass is 247 g/mol. The van der Waals surface area contributed by atoms with E-state index in [0.717, 1.165) is 0 Å². The highest BCUT2D eigenvalue weighted by Crippen LogP contribution is 2.28. The Bertz CT molecular complexity index is 578. The second-order valence-corrected chi connectivity index (χ2v) is 3.64. The Morgan fingerprint density at radius 2 is 1.94 bits per heavy atom. The van der Waals surface area contributed by atoms with E-state index in [2.05, 4.69) is 10.3 Å². The number of aryl methyl sites for hydroxylation is 1. The van der Waals surface area contributed by atoms with Crippen LogP contribution < -0.4 is 9.47 Å². The summed E-state index contributed by atoms with van der Waals surface area (Å²) in [5, 5.41) is 7.41. The first-order valence-corrected chi connectivity index (χ1v) is 5.28. The molecule has 0 radical (unpaired) electrons. The summed E-state index contributed by atoms with van der Waals surface area (Å²) in [7, 11) is 4.74. The number of carbonyl (C=O) groups is 1. The van der Waals surface area contributed by atoms with E-state index >= 15 is 0 Å². The Morgan fingerprint density at radius 1 is 1.22 bits per heavy atom. The van der Waals surface area contributed by atoms with Gasteiger partial charge < -0.3 is 9.47 Å². The average Bonchev–Trinajstić information content (AvgIpc) is 2.83.